The van der Waals surface area contributed by atoms with Crippen LogP contribution in [0.15, 0.2) is 140 Å². The highest BCUT2D eigenvalue weighted by molar-refractivity contribution is 5.88. The molecule has 0 N–H and O–H groups in total. The van der Waals surface area contributed by atoms with Gasteiger partial charge in [-0.1, -0.05) is 132 Å². The van der Waals surface area contributed by atoms with Gasteiger partial charge in [-0.15, -0.1) is 17.2 Å². The summed E-state index contributed by atoms with van der Waals surface area (Å²) < 4.78 is 13.1. The first-order valence-corrected chi connectivity index (χ1v) is 17.3. The standard InChI is InChI=1S/C26H25F.C15H14.C6H12.3H2/c1-4-20-7-9-22(10-8-20)19-24(6-3)26(17-18-26)23(5-2)14-11-21-12-15-25(27)16-13-21;1-4-11(2)13-8-9-15-12(3)6-5-7-14(15)10-13;1-6-4-2-3-5-6;;;/h4,7-10,12-13,15-16H,1-3,11,14,17-19H2;5-10H,1H2,2-3H3;6H,2-5H2,1H3;3*1H. The maximum absolute atomic E-state index is 13.1. The lowest BCUT2D eigenvalue weighted by molar-refractivity contribution is 0.612. The molecule has 0 aliphatic heterocycles. The van der Waals surface area contributed by atoms with Gasteiger partial charge in [0.15, 0.2) is 0 Å². The molecular weight excluding hydrogens is 584 g/mol. The minimum atomic E-state index is -0.198. The van der Waals surface area contributed by atoms with Gasteiger partial charge in [-0.25, -0.2) is 4.39 Å². The summed E-state index contributed by atoms with van der Waals surface area (Å²) in [7, 11) is 0. The zero-order valence-corrected chi connectivity index (χ0v) is 29.3. The van der Waals surface area contributed by atoms with Gasteiger partial charge in [0.25, 0.3) is 0 Å². The molecule has 1 heteroatoms. The molecule has 0 amide bonds. The first-order valence-electron chi connectivity index (χ1n) is 17.3. The van der Waals surface area contributed by atoms with E-state index in [-0.39, 0.29) is 15.5 Å². The summed E-state index contributed by atoms with van der Waals surface area (Å²) in [5, 5.41) is 2.60. The molecule has 0 atom stereocenters. The van der Waals surface area contributed by atoms with Crippen LogP contribution in [-0.2, 0) is 12.8 Å². The number of allylic oxidation sites excluding steroid dienone is 3. The van der Waals surface area contributed by atoms with Crippen molar-refractivity contribution in [1.82, 2.24) is 0 Å². The molecule has 252 valence electrons. The van der Waals surface area contributed by atoms with Crippen molar-refractivity contribution < 1.29 is 8.67 Å². The van der Waals surface area contributed by atoms with E-state index in [1.54, 1.807) is 0 Å². The lowest BCUT2D eigenvalue weighted by Crippen LogP contribution is -2.11. The highest BCUT2D eigenvalue weighted by Crippen LogP contribution is 2.58. The van der Waals surface area contributed by atoms with E-state index in [4.69, 9.17) is 0 Å². The summed E-state index contributed by atoms with van der Waals surface area (Å²) in [6.07, 6.45) is 12.6. The molecule has 4 aromatic carbocycles. The molecule has 0 bridgehead atoms. The van der Waals surface area contributed by atoms with Crippen molar-refractivity contribution in [1.29, 1.82) is 0 Å². The van der Waals surface area contributed by atoms with Crippen LogP contribution >= 0.6 is 0 Å². The molecule has 2 aliphatic rings. The van der Waals surface area contributed by atoms with Gasteiger partial charge < -0.3 is 0 Å². The maximum Gasteiger partial charge on any atom is 0.123 e. The van der Waals surface area contributed by atoms with E-state index < -0.39 is 0 Å². The Kier molecular flexibility index (Phi) is 13.2. The molecule has 6 rings (SSSR count). The average molecular weight is 641 g/mol. The van der Waals surface area contributed by atoms with Crippen LogP contribution in [0, 0.1) is 24.1 Å². The molecule has 4 aromatic rings. The third-order valence-corrected chi connectivity index (χ3v) is 9.95. The second-order valence-corrected chi connectivity index (χ2v) is 13.3. The van der Waals surface area contributed by atoms with Gasteiger partial charge in [-0.3, -0.25) is 0 Å². The number of fused-ring (bicyclic) bond motifs is 1. The van der Waals surface area contributed by atoms with Crippen LogP contribution in [0.3, 0.4) is 0 Å². The summed E-state index contributed by atoms with van der Waals surface area (Å²) in [6.45, 7) is 21.9. The third kappa shape index (κ3) is 9.70. The topological polar surface area (TPSA) is 0 Å². The third-order valence-electron chi connectivity index (χ3n) is 9.95. The fourth-order valence-electron chi connectivity index (χ4n) is 6.62. The van der Waals surface area contributed by atoms with Crippen LogP contribution < -0.4 is 0 Å². The maximum atomic E-state index is 13.1. The number of aryl methyl sites for hydroxylation is 2. The second kappa shape index (κ2) is 17.5. The predicted octanol–water partition coefficient (Wildman–Crippen LogP) is 14.1. The number of rotatable bonds is 9. The van der Waals surface area contributed by atoms with E-state index in [1.807, 2.05) is 25.1 Å². The Hall–Kier alpha value is -4.63. The van der Waals surface area contributed by atoms with Crippen LogP contribution in [0.5, 0.6) is 0 Å². The van der Waals surface area contributed by atoms with Gasteiger partial charge in [-0.05, 0) is 119 Å². The zero-order chi connectivity index (χ0) is 34.5. The van der Waals surface area contributed by atoms with Crippen molar-refractivity contribution in [3.63, 3.8) is 0 Å². The van der Waals surface area contributed by atoms with Crippen molar-refractivity contribution in [3.8, 4) is 0 Å². The van der Waals surface area contributed by atoms with Crippen LogP contribution in [0.4, 0.5) is 4.39 Å². The largest absolute Gasteiger partial charge is 0.207 e. The first kappa shape index (κ1) is 36.2. The first-order chi connectivity index (χ1) is 23.2. The Labute approximate surface area is 293 Å². The lowest BCUT2D eigenvalue weighted by Gasteiger charge is -2.21. The normalized spacial score (nSPS) is 14.2. The van der Waals surface area contributed by atoms with E-state index in [1.165, 1.54) is 76.4 Å². The minimum absolute atomic E-state index is 0. The quantitative estimate of drug-likeness (QED) is 0.160. The Balaban J connectivity index is 0.000000455. The molecule has 0 spiro atoms. The van der Waals surface area contributed by atoms with Gasteiger partial charge >= 0.3 is 0 Å². The van der Waals surface area contributed by atoms with E-state index >= 15 is 0 Å². The van der Waals surface area contributed by atoms with Gasteiger partial charge in [0, 0.05) is 16.1 Å². The van der Waals surface area contributed by atoms with Crippen molar-refractivity contribution in [2.45, 2.75) is 78.6 Å². The van der Waals surface area contributed by atoms with Crippen molar-refractivity contribution in [2.24, 2.45) is 11.3 Å². The smallest absolute Gasteiger partial charge is 0.123 e. The molecule has 48 heavy (non-hydrogen) atoms. The molecule has 2 fully saturated rings. The highest BCUT2D eigenvalue weighted by atomic mass is 19.1. The molecule has 0 aromatic heterocycles. The number of hydrogen-bond acceptors (Lipinski definition) is 0. The SMILES string of the molecule is C=C=C(C)c1ccc2c(C)cccc2c1.C=C=C(CCc1ccc(F)cc1)C1(C(=C=C)Cc2ccc(C=C)cc2)CC1.CC1CCCC1.[HH].[HH].[HH]. The summed E-state index contributed by atoms with van der Waals surface area (Å²) >= 11 is 0. The molecule has 0 unspecified atom stereocenters. The lowest BCUT2D eigenvalue weighted by atomic mass is 9.82. The van der Waals surface area contributed by atoms with Gasteiger partial charge in [-0.2, -0.15) is 0 Å². The fraction of sp³-hybridized carbons (Fsp3) is 0.298. The number of hydrogen-bond donors (Lipinski definition) is 0. The fourth-order valence-corrected chi connectivity index (χ4v) is 6.62. The van der Waals surface area contributed by atoms with Gasteiger partial charge in [0.1, 0.15) is 5.82 Å². The van der Waals surface area contributed by atoms with E-state index in [9.17, 15) is 4.39 Å². The minimum Gasteiger partial charge on any atom is -0.207 e. The van der Waals surface area contributed by atoms with E-state index in [0.717, 1.165) is 54.7 Å². The zero-order valence-electron chi connectivity index (χ0n) is 29.3. The molecule has 0 radical (unpaired) electrons. The van der Waals surface area contributed by atoms with E-state index in [0.29, 0.717) is 0 Å². The van der Waals surface area contributed by atoms with Crippen molar-refractivity contribution in [2.75, 3.05) is 0 Å². The monoisotopic (exact) mass is 640 g/mol. The van der Waals surface area contributed by atoms with Crippen LogP contribution in [0.2, 0.25) is 0 Å². The van der Waals surface area contributed by atoms with Gasteiger partial charge in [0.05, 0.1) is 0 Å². The molecule has 0 nitrogen and oxygen atoms in total. The summed E-state index contributed by atoms with van der Waals surface area (Å²) in [5.74, 6) is 0.848. The van der Waals surface area contributed by atoms with Crippen molar-refractivity contribution in [3.05, 3.63) is 173 Å². The Morgan fingerprint density at radius 2 is 1.50 bits per heavy atom. The number of benzene rings is 4. The van der Waals surface area contributed by atoms with Gasteiger partial charge in [0.2, 0.25) is 0 Å². The Morgan fingerprint density at radius 1 is 0.854 bits per heavy atom. The van der Waals surface area contributed by atoms with Crippen LogP contribution in [-0.4, -0.2) is 0 Å². The predicted molar refractivity (Wildman–Crippen MR) is 213 cm³/mol. The van der Waals surface area contributed by atoms with Crippen LogP contribution in [0.25, 0.3) is 22.4 Å². The summed E-state index contributed by atoms with van der Waals surface area (Å²) in [6, 6.07) is 28.0. The molecular formula is C47H57F. The molecule has 0 heterocycles. The molecule has 2 aliphatic carbocycles. The van der Waals surface area contributed by atoms with Crippen molar-refractivity contribution >= 4 is 22.4 Å². The molecule has 2 saturated carbocycles. The number of halogens is 1. The highest BCUT2D eigenvalue weighted by Gasteiger charge is 2.48. The molecule has 0 saturated heterocycles. The Morgan fingerprint density at radius 3 is 2.04 bits per heavy atom. The average Bonchev–Trinajstić information content (AvgIpc) is 3.77. The van der Waals surface area contributed by atoms with Crippen LogP contribution in [0.1, 0.15) is 90.9 Å². The summed E-state index contributed by atoms with van der Waals surface area (Å²) in [4.78, 5) is 0. The summed E-state index contributed by atoms with van der Waals surface area (Å²) in [5.41, 5.74) is 18.9. The van der Waals surface area contributed by atoms with E-state index in [2.05, 4.69) is 118 Å². The Bertz CT molecular complexity index is 1850. The second-order valence-electron chi connectivity index (χ2n) is 13.3.